The van der Waals surface area contributed by atoms with E-state index in [0.29, 0.717) is 31.0 Å². The molecule has 1 saturated carbocycles. The number of carbonyl (C=O) groups excluding carboxylic acids is 2. The summed E-state index contributed by atoms with van der Waals surface area (Å²) in [7, 11) is -1.00. The van der Waals surface area contributed by atoms with E-state index in [9.17, 15) is 13.8 Å². The summed E-state index contributed by atoms with van der Waals surface area (Å²) in [5.41, 5.74) is 0.982. The first-order valence-electron chi connectivity index (χ1n) is 7.49. The Morgan fingerprint density at radius 3 is 2.48 bits per heavy atom. The average Bonchev–Trinajstić information content (AvgIpc) is 2.89. The standard InChI is InChI=1S/C17H22O3S/c1-3-17(19)16(11-12-4-7-14(18)10-12)13-5-8-15(9-6-13)21(2)20/h5-6,8-9,12,16H,3-4,7,10-11H2,1-2H3/t12?,16-,21?/m1/s1. The predicted octanol–water partition coefficient (Wildman–Crippen LogP) is 3.25. The lowest BCUT2D eigenvalue weighted by atomic mass is 9.84. The van der Waals surface area contributed by atoms with Crippen LogP contribution in [0.15, 0.2) is 29.2 Å². The summed E-state index contributed by atoms with van der Waals surface area (Å²) in [6.45, 7) is 1.88. The van der Waals surface area contributed by atoms with Crippen LogP contribution in [0.2, 0.25) is 0 Å². The van der Waals surface area contributed by atoms with Crippen molar-refractivity contribution in [3.8, 4) is 0 Å². The van der Waals surface area contributed by atoms with Crippen LogP contribution in [0.5, 0.6) is 0 Å². The van der Waals surface area contributed by atoms with Gasteiger partial charge in [0, 0.05) is 47.1 Å². The van der Waals surface area contributed by atoms with Crippen molar-refractivity contribution in [1.82, 2.24) is 0 Å². The van der Waals surface area contributed by atoms with Gasteiger partial charge in [-0.15, -0.1) is 0 Å². The lowest BCUT2D eigenvalue weighted by molar-refractivity contribution is -0.121. The van der Waals surface area contributed by atoms with Gasteiger partial charge in [0.05, 0.1) is 0 Å². The van der Waals surface area contributed by atoms with E-state index in [4.69, 9.17) is 0 Å². The van der Waals surface area contributed by atoms with Gasteiger partial charge in [0.25, 0.3) is 0 Å². The maximum Gasteiger partial charge on any atom is 0.140 e. The van der Waals surface area contributed by atoms with Crippen molar-refractivity contribution < 1.29 is 13.8 Å². The van der Waals surface area contributed by atoms with Crippen LogP contribution in [0.4, 0.5) is 0 Å². The highest BCUT2D eigenvalue weighted by Crippen LogP contribution is 2.34. The van der Waals surface area contributed by atoms with E-state index in [0.717, 1.165) is 23.3 Å². The number of Topliss-reactive ketones (excluding diaryl/α,β-unsaturated/α-hetero) is 2. The number of hydrogen-bond donors (Lipinski definition) is 0. The van der Waals surface area contributed by atoms with E-state index in [1.54, 1.807) is 6.26 Å². The third-order valence-corrected chi connectivity index (χ3v) is 5.20. The zero-order chi connectivity index (χ0) is 15.4. The average molecular weight is 306 g/mol. The van der Waals surface area contributed by atoms with Crippen molar-refractivity contribution in [3.63, 3.8) is 0 Å². The third kappa shape index (κ3) is 4.10. The minimum absolute atomic E-state index is 0.134. The monoisotopic (exact) mass is 306 g/mol. The second-order valence-electron chi connectivity index (χ2n) is 5.78. The third-order valence-electron chi connectivity index (χ3n) is 4.27. The van der Waals surface area contributed by atoms with Gasteiger partial charge in [0.2, 0.25) is 0 Å². The summed E-state index contributed by atoms with van der Waals surface area (Å²) in [5.74, 6) is 0.738. The normalized spacial score (nSPS) is 21.2. The highest BCUT2D eigenvalue weighted by Gasteiger charge is 2.28. The van der Waals surface area contributed by atoms with Gasteiger partial charge in [-0.3, -0.25) is 13.8 Å². The number of hydrogen-bond acceptors (Lipinski definition) is 3. The van der Waals surface area contributed by atoms with Crippen molar-refractivity contribution in [2.75, 3.05) is 6.26 Å². The van der Waals surface area contributed by atoms with E-state index >= 15 is 0 Å². The molecule has 0 saturated heterocycles. The van der Waals surface area contributed by atoms with Gasteiger partial charge in [-0.1, -0.05) is 19.1 Å². The Bertz CT molecular complexity index is 548. The van der Waals surface area contributed by atoms with Crippen LogP contribution in [-0.2, 0) is 20.4 Å². The topological polar surface area (TPSA) is 51.2 Å². The van der Waals surface area contributed by atoms with Crippen LogP contribution < -0.4 is 0 Å². The molecule has 0 aromatic heterocycles. The van der Waals surface area contributed by atoms with Gasteiger partial charge >= 0.3 is 0 Å². The van der Waals surface area contributed by atoms with Gasteiger partial charge in [-0.2, -0.15) is 0 Å². The fraction of sp³-hybridized carbons (Fsp3) is 0.529. The van der Waals surface area contributed by atoms with E-state index < -0.39 is 10.8 Å². The van der Waals surface area contributed by atoms with E-state index in [1.165, 1.54) is 0 Å². The largest absolute Gasteiger partial charge is 0.300 e. The molecule has 114 valence electrons. The lowest BCUT2D eigenvalue weighted by Gasteiger charge is -2.19. The molecule has 21 heavy (non-hydrogen) atoms. The molecule has 1 aromatic rings. The van der Waals surface area contributed by atoms with Crippen molar-refractivity contribution in [1.29, 1.82) is 0 Å². The summed E-state index contributed by atoms with van der Waals surface area (Å²) in [5, 5.41) is 0. The molecule has 1 aliphatic rings. The smallest absolute Gasteiger partial charge is 0.140 e. The van der Waals surface area contributed by atoms with Crippen LogP contribution >= 0.6 is 0 Å². The molecule has 2 rings (SSSR count). The highest BCUT2D eigenvalue weighted by atomic mass is 32.2. The van der Waals surface area contributed by atoms with Crippen molar-refractivity contribution in [2.45, 2.75) is 49.8 Å². The molecule has 0 amide bonds. The quantitative estimate of drug-likeness (QED) is 0.810. The molecule has 0 radical (unpaired) electrons. The summed E-state index contributed by atoms with van der Waals surface area (Å²) < 4.78 is 11.4. The molecule has 3 atom stereocenters. The minimum atomic E-state index is -1.00. The van der Waals surface area contributed by atoms with Crippen molar-refractivity contribution in [2.24, 2.45) is 5.92 Å². The first-order valence-corrected chi connectivity index (χ1v) is 9.04. The Kier molecular flexibility index (Phi) is 5.45. The second-order valence-corrected chi connectivity index (χ2v) is 7.16. The zero-order valence-electron chi connectivity index (χ0n) is 12.6. The lowest BCUT2D eigenvalue weighted by Crippen LogP contribution is -2.15. The number of benzene rings is 1. The first-order chi connectivity index (χ1) is 10.0. The van der Waals surface area contributed by atoms with Crippen LogP contribution in [0.25, 0.3) is 0 Å². The van der Waals surface area contributed by atoms with Crippen LogP contribution in [0.1, 0.15) is 50.5 Å². The van der Waals surface area contributed by atoms with Crippen LogP contribution in [0, 0.1) is 5.92 Å². The molecule has 1 aliphatic carbocycles. The molecular weight excluding hydrogens is 284 g/mol. The molecule has 0 aliphatic heterocycles. The van der Waals surface area contributed by atoms with Gasteiger partial charge in [-0.25, -0.2) is 0 Å². The van der Waals surface area contributed by atoms with Crippen molar-refractivity contribution in [3.05, 3.63) is 29.8 Å². The fourth-order valence-corrected chi connectivity index (χ4v) is 3.54. The molecular formula is C17H22O3S. The first kappa shape index (κ1) is 16.1. The minimum Gasteiger partial charge on any atom is -0.300 e. The van der Waals surface area contributed by atoms with Crippen LogP contribution in [-0.4, -0.2) is 22.0 Å². The molecule has 1 fully saturated rings. The fourth-order valence-electron chi connectivity index (χ4n) is 3.02. The molecule has 0 heterocycles. The SMILES string of the molecule is CCC(=O)[C@H](CC1CCC(=O)C1)c1ccc(S(C)=O)cc1. The summed E-state index contributed by atoms with van der Waals surface area (Å²) in [6, 6.07) is 7.49. The van der Waals surface area contributed by atoms with Crippen molar-refractivity contribution >= 4 is 22.4 Å². The van der Waals surface area contributed by atoms with Gasteiger partial charge in [0.15, 0.2) is 0 Å². The summed E-state index contributed by atoms with van der Waals surface area (Å²) >= 11 is 0. The number of rotatable bonds is 6. The van der Waals surface area contributed by atoms with E-state index in [1.807, 2.05) is 31.2 Å². The number of carbonyl (C=O) groups is 2. The Morgan fingerprint density at radius 1 is 1.33 bits per heavy atom. The molecule has 0 N–H and O–H groups in total. The Labute approximate surface area is 128 Å². The molecule has 1 aromatic carbocycles. The predicted molar refractivity (Wildman–Crippen MR) is 83.8 cm³/mol. The molecule has 0 spiro atoms. The Hall–Kier alpha value is -1.29. The maximum atomic E-state index is 12.3. The maximum absolute atomic E-state index is 12.3. The highest BCUT2D eigenvalue weighted by molar-refractivity contribution is 7.84. The van der Waals surface area contributed by atoms with Gasteiger partial charge in [-0.05, 0) is 36.5 Å². The molecule has 2 unspecified atom stereocenters. The number of ketones is 2. The van der Waals surface area contributed by atoms with E-state index in [-0.39, 0.29) is 11.7 Å². The summed E-state index contributed by atoms with van der Waals surface area (Å²) in [6.07, 6.45) is 5.09. The Balaban J connectivity index is 2.17. The van der Waals surface area contributed by atoms with E-state index in [2.05, 4.69) is 0 Å². The second kappa shape index (κ2) is 7.12. The summed E-state index contributed by atoms with van der Waals surface area (Å²) in [4.78, 5) is 24.4. The zero-order valence-corrected chi connectivity index (χ0v) is 13.4. The van der Waals surface area contributed by atoms with Gasteiger partial charge in [0.1, 0.15) is 11.6 Å². The van der Waals surface area contributed by atoms with Gasteiger partial charge < -0.3 is 0 Å². The Morgan fingerprint density at radius 2 is 2.00 bits per heavy atom. The molecule has 0 bridgehead atoms. The molecule has 3 nitrogen and oxygen atoms in total. The van der Waals surface area contributed by atoms with Crippen LogP contribution in [0.3, 0.4) is 0 Å². The molecule has 4 heteroatoms.